The van der Waals surface area contributed by atoms with Crippen molar-refractivity contribution in [2.75, 3.05) is 6.54 Å². The van der Waals surface area contributed by atoms with E-state index >= 15 is 0 Å². The Hall–Kier alpha value is -3.54. The first-order valence-electron chi connectivity index (χ1n) is 8.09. The van der Waals surface area contributed by atoms with Crippen molar-refractivity contribution in [3.8, 4) is 0 Å². The number of carboxylic acids is 1. The predicted octanol–water partition coefficient (Wildman–Crippen LogP) is 3.81. The molecular weight excluding hydrogens is 332 g/mol. The first kappa shape index (κ1) is 17.3. The molecule has 1 amide bonds. The molecule has 132 valence electrons. The minimum absolute atomic E-state index is 0.156. The van der Waals surface area contributed by atoms with E-state index in [1.165, 1.54) is 0 Å². The van der Waals surface area contributed by atoms with E-state index in [0.717, 1.165) is 22.0 Å². The maximum atomic E-state index is 11.6. The fraction of sp³-hybridized carbons (Fsp3) is 0.100. The first-order chi connectivity index (χ1) is 12.6. The number of aromatic amines is 1. The van der Waals surface area contributed by atoms with Crippen LogP contribution in [-0.2, 0) is 11.3 Å². The van der Waals surface area contributed by atoms with E-state index < -0.39 is 12.1 Å². The molecule has 0 unspecified atom stereocenters. The number of fused-ring (bicyclic) bond motifs is 1. The smallest absolute Gasteiger partial charge is 0.407 e. The second kappa shape index (κ2) is 8.02. The zero-order chi connectivity index (χ0) is 18.4. The number of aromatic carboxylic acids is 1. The Kier molecular flexibility index (Phi) is 5.34. The van der Waals surface area contributed by atoms with E-state index in [4.69, 9.17) is 9.84 Å². The summed E-state index contributed by atoms with van der Waals surface area (Å²) in [5, 5.41) is 12.5. The molecule has 0 atom stereocenters. The molecule has 0 aliphatic heterocycles. The van der Waals surface area contributed by atoms with Gasteiger partial charge in [0.05, 0.1) is 0 Å². The van der Waals surface area contributed by atoms with Crippen LogP contribution in [0.2, 0.25) is 0 Å². The van der Waals surface area contributed by atoms with Gasteiger partial charge in [-0.25, -0.2) is 9.59 Å². The molecule has 0 fully saturated rings. The van der Waals surface area contributed by atoms with Crippen LogP contribution in [0.4, 0.5) is 4.79 Å². The van der Waals surface area contributed by atoms with Gasteiger partial charge >= 0.3 is 12.1 Å². The van der Waals surface area contributed by atoms with Crippen molar-refractivity contribution in [3.63, 3.8) is 0 Å². The Morgan fingerprint density at radius 1 is 1.12 bits per heavy atom. The maximum Gasteiger partial charge on any atom is 0.407 e. The molecular formula is C20H18N2O4. The number of benzene rings is 2. The first-order valence-corrected chi connectivity index (χ1v) is 8.09. The van der Waals surface area contributed by atoms with Gasteiger partial charge in [-0.3, -0.25) is 0 Å². The molecule has 2 aromatic carbocycles. The minimum atomic E-state index is -0.989. The van der Waals surface area contributed by atoms with Gasteiger partial charge in [0.2, 0.25) is 0 Å². The standard InChI is InChI=1S/C20H18N2O4/c23-19(24)18-12-16-11-14(8-9-17(16)22-18)7-4-10-21-20(25)26-13-15-5-2-1-3-6-15/h1-9,11-12,22H,10,13H2,(H,21,25)(H,23,24). The second-order valence-electron chi connectivity index (χ2n) is 5.68. The normalized spacial score (nSPS) is 10.9. The van der Waals surface area contributed by atoms with Gasteiger partial charge in [0, 0.05) is 17.4 Å². The molecule has 0 radical (unpaired) electrons. The summed E-state index contributed by atoms with van der Waals surface area (Å²) in [5.41, 5.74) is 2.76. The number of ether oxygens (including phenoxy) is 1. The van der Waals surface area contributed by atoms with Crippen molar-refractivity contribution < 1.29 is 19.4 Å². The lowest BCUT2D eigenvalue weighted by Crippen LogP contribution is -2.24. The molecule has 6 nitrogen and oxygen atoms in total. The molecule has 6 heteroatoms. The van der Waals surface area contributed by atoms with E-state index in [0.29, 0.717) is 6.54 Å². The third-order valence-electron chi connectivity index (χ3n) is 3.76. The highest BCUT2D eigenvalue weighted by Gasteiger charge is 2.07. The van der Waals surface area contributed by atoms with Gasteiger partial charge in [-0.2, -0.15) is 0 Å². The van der Waals surface area contributed by atoms with Crippen molar-refractivity contribution in [2.45, 2.75) is 6.61 Å². The zero-order valence-corrected chi connectivity index (χ0v) is 13.9. The molecule has 0 aliphatic carbocycles. The number of rotatable bonds is 6. The highest BCUT2D eigenvalue weighted by Crippen LogP contribution is 2.18. The van der Waals surface area contributed by atoms with Gasteiger partial charge in [0.15, 0.2) is 0 Å². The topological polar surface area (TPSA) is 91.4 Å². The zero-order valence-electron chi connectivity index (χ0n) is 13.9. The summed E-state index contributed by atoms with van der Waals surface area (Å²) in [4.78, 5) is 25.5. The SMILES string of the molecule is O=C(NCC=Cc1ccc2[nH]c(C(=O)O)cc2c1)OCc1ccccc1. The quantitative estimate of drug-likeness (QED) is 0.630. The monoisotopic (exact) mass is 350 g/mol. The average molecular weight is 350 g/mol. The second-order valence-corrected chi connectivity index (χ2v) is 5.68. The molecule has 0 saturated heterocycles. The number of carboxylic acid groups (broad SMARTS) is 1. The Labute approximate surface area is 150 Å². The van der Waals surface area contributed by atoms with Gasteiger partial charge < -0.3 is 20.1 Å². The van der Waals surface area contributed by atoms with Gasteiger partial charge in [-0.1, -0.05) is 48.6 Å². The average Bonchev–Trinajstić information content (AvgIpc) is 3.08. The summed E-state index contributed by atoms with van der Waals surface area (Å²) in [6.07, 6.45) is 3.17. The summed E-state index contributed by atoms with van der Waals surface area (Å²) in [6, 6.07) is 16.6. The van der Waals surface area contributed by atoms with Crippen molar-refractivity contribution in [1.29, 1.82) is 0 Å². The molecule has 0 bridgehead atoms. The van der Waals surface area contributed by atoms with Crippen LogP contribution in [0, 0.1) is 0 Å². The number of carbonyl (C=O) groups is 2. The number of alkyl carbamates (subject to hydrolysis) is 1. The van der Waals surface area contributed by atoms with Crippen LogP contribution >= 0.6 is 0 Å². The van der Waals surface area contributed by atoms with Crippen LogP contribution in [0.15, 0.2) is 60.7 Å². The molecule has 3 rings (SSSR count). The molecule has 1 heterocycles. The van der Waals surface area contributed by atoms with Crippen molar-refractivity contribution in [2.24, 2.45) is 0 Å². The van der Waals surface area contributed by atoms with Crippen molar-refractivity contribution in [1.82, 2.24) is 10.3 Å². The van der Waals surface area contributed by atoms with Crippen molar-refractivity contribution in [3.05, 3.63) is 77.5 Å². The number of amides is 1. The van der Waals surface area contributed by atoms with Crippen molar-refractivity contribution >= 4 is 29.0 Å². The Morgan fingerprint density at radius 3 is 2.69 bits per heavy atom. The number of hydrogen-bond donors (Lipinski definition) is 3. The number of aromatic nitrogens is 1. The molecule has 1 aromatic heterocycles. The lowest BCUT2D eigenvalue weighted by atomic mass is 10.1. The summed E-state index contributed by atoms with van der Waals surface area (Å²) >= 11 is 0. The summed E-state index contributed by atoms with van der Waals surface area (Å²) in [7, 11) is 0. The molecule has 3 aromatic rings. The van der Waals surface area contributed by atoms with Crippen LogP contribution in [0.25, 0.3) is 17.0 Å². The molecule has 26 heavy (non-hydrogen) atoms. The van der Waals surface area contributed by atoms with Crippen LogP contribution < -0.4 is 5.32 Å². The largest absolute Gasteiger partial charge is 0.477 e. The fourth-order valence-corrected chi connectivity index (χ4v) is 2.48. The summed E-state index contributed by atoms with van der Waals surface area (Å²) in [5.74, 6) is -0.989. The van der Waals surface area contributed by atoms with E-state index in [-0.39, 0.29) is 12.3 Å². The van der Waals surface area contributed by atoms with Gasteiger partial charge in [0.25, 0.3) is 0 Å². The van der Waals surface area contributed by atoms with Gasteiger partial charge in [-0.05, 0) is 29.3 Å². The van der Waals surface area contributed by atoms with Gasteiger partial charge in [-0.15, -0.1) is 0 Å². The Morgan fingerprint density at radius 2 is 1.92 bits per heavy atom. The predicted molar refractivity (Wildman–Crippen MR) is 98.9 cm³/mol. The van der Waals surface area contributed by atoms with E-state index in [2.05, 4.69) is 10.3 Å². The lowest BCUT2D eigenvalue weighted by molar-refractivity contribution is 0.0691. The fourth-order valence-electron chi connectivity index (χ4n) is 2.48. The highest BCUT2D eigenvalue weighted by atomic mass is 16.5. The highest BCUT2D eigenvalue weighted by molar-refractivity contribution is 5.94. The summed E-state index contributed by atoms with van der Waals surface area (Å²) < 4.78 is 5.12. The summed E-state index contributed by atoms with van der Waals surface area (Å²) in [6.45, 7) is 0.561. The number of H-pyrrole nitrogens is 1. The molecule has 0 spiro atoms. The number of hydrogen-bond acceptors (Lipinski definition) is 3. The maximum absolute atomic E-state index is 11.6. The third kappa shape index (κ3) is 4.51. The Balaban J connectivity index is 1.49. The Bertz CT molecular complexity index is 945. The van der Waals surface area contributed by atoms with Crippen LogP contribution in [0.3, 0.4) is 0 Å². The third-order valence-corrected chi connectivity index (χ3v) is 3.76. The van der Waals surface area contributed by atoms with E-state index in [9.17, 15) is 9.59 Å². The van der Waals surface area contributed by atoms with E-state index in [1.807, 2.05) is 54.6 Å². The van der Waals surface area contributed by atoms with Crippen LogP contribution in [0.1, 0.15) is 21.6 Å². The van der Waals surface area contributed by atoms with Gasteiger partial charge in [0.1, 0.15) is 12.3 Å². The number of nitrogens with one attached hydrogen (secondary N) is 2. The molecule has 0 saturated carbocycles. The van der Waals surface area contributed by atoms with E-state index in [1.54, 1.807) is 12.1 Å². The molecule has 3 N–H and O–H groups in total. The number of carbonyl (C=O) groups excluding carboxylic acids is 1. The van der Waals surface area contributed by atoms with Crippen LogP contribution in [0.5, 0.6) is 0 Å². The molecule has 0 aliphatic rings. The van der Waals surface area contributed by atoms with Crippen LogP contribution in [-0.4, -0.2) is 28.7 Å². The minimum Gasteiger partial charge on any atom is -0.477 e. The lowest BCUT2D eigenvalue weighted by Gasteiger charge is -2.05.